The summed E-state index contributed by atoms with van der Waals surface area (Å²) in [5, 5.41) is 3.88. The van der Waals surface area contributed by atoms with Gasteiger partial charge in [-0.1, -0.05) is 52.0 Å². The van der Waals surface area contributed by atoms with Crippen LogP contribution in [0.5, 0.6) is 0 Å². The number of fused-ring (bicyclic) bond motifs is 1. The summed E-state index contributed by atoms with van der Waals surface area (Å²) in [7, 11) is 0. The molecule has 1 fully saturated rings. The zero-order valence-electron chi connectivity index (χ0n) is 11.4. The first-order valence-corrected chi connectivity index (χ1v) is 6.76. The maximum absolute atomic E-state index is 3.88. The Morgan fingerprint density at radius 3 is 1.82 bits per heavy atom. The summed E-state index contributed by atoms with van der Waals surface area (Å²) in [5.74, 6) is 0. The quantitative estimate of drug-likeness (QED) is 0.821. The highest BCUT2D eigenvalue weighted by molar-refractivity contribution is 5.34. The second-order valence-corrected chi connectivity index (χ2v) is 6.92. The van der Waals surface area contributed by atoms with E-state index in [1.165, 1.54) is 12.8 Å². The summed E-state index contributed by atoms with van der Waals surface area (Å²) in [4.78, 5) is 0. The van der Waals surface area contributed by atoms with Gasteiger partial charge in [0, 0.05) is 12.1 Å². The van der Waals surface area contributed by atoms with Crippen molar-refractivity contribution in [3.8, 4) is 0 Å². The predicted octanol–water partition coefficient (Wildman–Crippen LogP) is 3.18. The van der Waals surface area contributed by atoms with Crippen LogP contribution in [-0.4, -0.2) is 12.1 Å². The van der Waals surface area contributed by atoms with Crippen molar-refractivity contribution in [3.63, 3.8) is 0 Å². The van der Waals surface area contributed by atoms with Crippen LogP contribution in [0.3, 0.4) is 0 Å². The van der Waals surface area contributed by atoms with Gasteiger partial charge in [0.25, 0.3) is 0 Å². The van der Waals surface area contributed by atoms with Crippen LogP contribution in [0.15, 0.2) is 24.3 Å². The normalized spacial score (nSPS) is 25.9. The van der Waals surface area contributed by atoms with Crippen molar-refractivity contribution in [1.82, 2.24) is 5.32 Å². The van der Waals surface area contributed by atoms with E-state index < -0.39 is 0 Å². The summed E-state index contributed by atoms with van der Waals surface area (Å²) in [5.41, 5.74) is 3.98. The van der Waals surface area contributed by atoms with E-state index in [1.54, 1.807) is 11.1 Å². The molecule has 0 spiro atoms. The Balaban J connectivity index is 1.68. The zero-order valence-corrected chi connectivity index (χ0v) is 11.4. The van der Waals surface area contributed by atoms with E-state index in [0.29, 0.717) is 22.9 Å². The molecule has 0 saturated heterocycles. The predicted molar refractivity (Wildman–Crippen MR) is 72.1 cm³/mol. The number of hydrogen-bond acceptors (Lipinski definition) is 1. The Morgan fingerprint density at radius 2 is 1.41 bits per heavy atom. The van der Waals surface area contributed by atoms with Gasteiger partial charge in [-0.2, -0.15) is 0 Å². The smallest absolute Gasteiger partial charge is 0.0184 e. The van der Waals surface area contributed by atoms with Crippen molar-refractivity contribution >= 4 is 0 Å². The lowest BCUT2D eigenvalue weighted by molar-refractivity contribution is 0.457. The fourth-order valence-corrected chi connectivity index (χ4v) is 3.53. The van der Waals surface area contributed by atoms with E-state index in [4.69, 9.17) is 0 Å². The largest absolute Gasteiger partial charge is 0.309 e. The summed E-state index contributed by atoms with van der Waals surface area (Å²) in [6.45, 7) is 9.53. The molecule has 17 heavy (non-hydrogen) atoms. The monoisotopic (exact) mass is 229 g/mol. The van der Waals surface area contributed by atoms with E-state index in [0.717, 1.165) is 0 Å². The van der Waals surface area contributed by atoms with Gasteiger partial charge in [0.05, 0.1) is 0 Å². The van der Waals surface area contributed by atoms with E-state index >= 15 is 0 Å². The number of nitrogens with one attached hydrogen (secondary N) is 1. The lowest BCUT2D eigenvalue weighted by Gasteiger charge is -2.13. The molecule has 0 radical (unpaired) electrons. The minimum absolute atomic E-state index is 0.446. The van der Waals surface area contributed by atoms with Gasteiger partial charge in [-0.25, -0.2) is 0 Å². The van der Waals surface area contributed by atoms with Crippen LogP contribution in [0.4, 0.5) is 0 Å². The molecule has 2 aliphatic carbocycles. The Kier molecular flexibility index (Phi) is 2.22. The molecule has 1 aromatic carbocycles. The van der Waals surface area contributed by atoms with E-state index in [1.807, 2.05) is 0 Å². The van der Waals surface area contributed by atoms with Crippen LogP contribution < -0.4 is 5.32 Å². The fourth-order valence-electron chi connectivity index (χ4n) is 3.53. The lowest BCUT2D eigenvalue weighted by Crippen LogP contribution is -2.34. The second kappa shape index (κ2) is 3.35. The van der Waals surface area contributed by atoms with E-state index in [-0.39, 0.29) is 0 Å². The molecule has 1 N–H and O–H groups in total. The molecule has 0 bridgehead atoms. The van der Waals surface area contributed by atoms with Crippen molar-refractivity contribution in [2.45, 2.75) is 52.6 Å². The van der Waals surface area contributed by atoms with Gasteiger partial charge in [-0.3, -0.25) is 0 Å². The molecule has 2 aliphatic rings. The molecule has 1 heteroatoms. The number of benzene rings is 1. The number of rotatable bonds is 2. The van der Waals surface area contributed by atoms with E-state index in [2.05, 4.69) is 57.3 Å². The van der Waals surface area contributed by atoms with Crippen LogP contribution in [-0.2, 0) is 12.8 Å². The molecule has 0 amide bonds. The average Bonchev–Trinajstić information content (AvgIpc) is 2.65. The lowest BCUT2D eigenvalue weighted by atomic mass is 10.0. The van der Waals surface area contributed by atoms with Crippen molar-refractivity contribution in [2.75, 3.05) is 0 Å². The number of hydrogen-bond donors (Lipinski definition) is 1. The first kappa shape index (κ1) is 11.3. The van der Waals surface area contributed by atoms with E-state index in [9.17, 15) is 0 Å². The highest BCUT2D eigenvalue weighted by Crippen LogP contribution is 2.62. The maximum atomic E-state index is 3.88. The third kappa shape index (κ3) is 1.55. The minimum Gasteiger partial charge on any atom is -0.309 e. The Bertz CT molecular complexity index is 406. The third-order valence-electron chi connectivity index (χ3n) is 5.47. The summed E-state index contributed by atoms with van der Waals surface area (Å²) >= 11 is 0. The van der Waals surface area contributed by atoms with Crippen molar-refractivity contribution in [1.29, 1.82) is 0 Å². The summed E-state index contributed by atoms with van der Waals surface area (Å²) in [6, 6.07) is 10.2. The van der Waals surface area contributed by atoms with Gasteiger partial charge in [0.2, 0.25) is 0 Å². The Morgan fingerprint density at radius 1 is 0.941 bits per heavy atom. The molecule has 1 nitrogen and oxygen atoms in total. The third-order valence-corrected chi connectivity index (χ3v) is 5.47. The fraction of sp³-hybridized carbons (Fsp3) is 0.625. The molecule has 0 heterocycles. The molecule has 92 valence electrons. The van der Waals surface area contributed by atoms with Crippen molar-refractivity contribution in [2.24, 2.45) is 10.8 Å². The maximum Gasteiger partial charge on any atom is 0.0184 e. The van der Waals surface area contributed by atoms with Crippen LogP contribution in [0, 0.1) is 10.8 Å². The molecule has 1 aromatic rings. The molecule has 0 atom stereocenters. The van der Waals surface area contributed by atoms with Gasteiger partial charge >= 0.3 is 0 Å². The minimum atomic E-state index is 0.446. The molecule has 0 unspecified atom stereocenters. The molecular formula is C16H23N. The van der Waals surface area contributed by atoms with Crippen molar-refractivity contribution < 1.29 is 0 Å². The van der Waals surface area contributed by atoms with Crippen LogP contribution in [0.2, 0.25) is 0 Å². The summed E-state index contributed by atoms with van der Waals surface area (Å²) < 4.78 is 0. The van der Waals surface area contributed by atoms with Crippen LogP contribution >= 0.6 is 0 Å². The van der Waals surface area contributed by atoms with Gasteiger partial charge in [0.15, 0.2) is 0 Å². The zero-order chi connectivity index (χ0) is 12.3. The first-order chi connectivity index (χ1) is 7.93. The van der Waals surface area contributed by atoms with Gasteiger partial charge in [-0.15, -0.1) is 0 Å². The first-order valence-electron chi connectivity index (χ1n) is 6.76. The van der Waals surface area contributed by atoms with Crippen molar-refractivity contribution in [3.05, 3.63) is 35.4 Å². The highest BCUT2D eigenvalue weighted by atomic mass is 15.1. The van der Waals surface area contributed by atoms with Crippen LogP contribution in [0.25, 0.3) is 0 Å². The Hall–Kier alpha value is -0.820. The Labute approximate surface area is 105 Å². The summed E-state index contributed by atoms with van der Waals surface area (Å²) in [6.07, 6.45) is 2.41. The SMILES string of the molecule is CC1(C)C(NC2Cc3ccccc3C2)C1(C)C. The highest BCUT2D eigenvalue weighted by Gasteiger charge is 2.64. The molecule has 3 rings (SSSR count). The van der Waals surface area contributed by atoms with Crippen LogP contribution in [0.1, 0.15) is 38.8 Å². The molecular weight excluding hydrogens is 206 g/mol. The molecule has 0 aliphatic heterocycles. The van der Waals surface area contributed by atoms with Gasteiger partial charge in [0.1, 0.15) is 0 Å². The van der Waals surface area contributed by atoms with Gasteiger partial charge in [-0.05, 0) is 34.8 Å². The second-order valence-electron chi connectivity index (χ2n) is 6.92. The standard InChI is InChI=1S/C16H23N/c1-15(2)14(16(15,3)4)17-13-9-11-7-5-6-8-12(11)10-13/h5-8,13-14,17H,9-10H2,1-4H3. The molecule has 0 aromatic heterocycles. The molecule has 1 saturated carbocycles. The van der Waals surface area contributed by atoms with Gasteiger partial charge < -0.3 is 5.32 Å². The average molecular weight is 229 g/mol. The topological polar surface area (TPSA) is 12.0 Å².